The van der Waals surface area contributed by atoms with E-state index in [4.69, 9.17) is 23.5 Å². The molecule has 2 rings (SSSR count). The molecule has 11 heteroatoms. The third-order valence-corrected chi connectivity index (χ3v) is 4.13. The summed E-state index contributed by atoms with van der Waals surface area (Å²) in [6, 6.07) is 3.75. The van der Waals surface area contributed by atoms with Gasteiger partial charge < -0.3 is 28.8 Å². The van der Waals surface area contributed by atoms with Crippen molar-refractivity contribution in [1.82, 2.24) is 15.8 Å². The van der Waals surface area contributed by atoms with Gasteiger partial charge in [-0.1, -0.05) is 5.16 Å². The molecule has 0 fully saturated rings. The van der Waals surface area contributed by atoms with Crippen LogP contribution in [0.1, 0.15) is 27.4 Å². The average molecular weight is 435 g/mol. The van der Waals surface area contributed by atoms with Gasteiger partial charge in [0, 0.05) is 13.7 Å². The number of methoxy groups -OCH3 is 2. The highest BCUT2D eigenvalue weighted by atomic mass is 16.5. The second kappa shape index (κ2) is 11.6. The van der Waals surface area contributed by atoms with E-state index >= 15 is 0 Å². The van der Waals surface area contributed by atoms with Crippen LogP contribution in [-0.4, -0.2) is 57.0 Å². The number of imide groups is 1. The number of urea groups is 1. The van der Waals surface area contributed by atoms with Crippen LogP contribution in [0.4, 0.5) is 4.79 Å². The maximum absolute atomic E-state index is 12.2. The van der Waals surface area contributed by atoms with Crippen molar-refractivity contribution in [2.24, 2.45) is 0 Å². The fraction of sp³-hybridized carbons (Fsp3) is 0.400. The number of aromatic nitrogens is 1. The van der Waals surface area contributed by atoms with Crippen LogP contribution in [0.3, 0.4) is 0 Å². The molecular formula is C20H25N3O8. The Kier molecular flexibility index (Phi) is 8.82. The first kappa shape index (κ1) is 23.7. The van der Waals surface area contributed by atoms with E-state index in [0.717, 1.165) is 11.3 Å². The largest absolute Gasteiger partial charge is 0.493 e. The molecule has 0 aliphatic carbocycles. The fourth-order valence-electron chi connectivity index (χ4n) is 2.46. The first-order valence-electron chi connectivity index (χ1n) is 9.32. The van der Waals surface area contributed by atoms with Gasteiger partial charge in [-0.25, -0.2) is 9.59 Å². The summed E-state index contributed by atoms with van der Waals surface area (Å²) in [4.78, 5) is 35.4. The van der Waals surface area contributed by atoms with Gasteiger partial charge in [0.1, 0.15) is 12.4 Å². The van der Waals surface area contributed by atoms with Gasteiger partial charge in [-0.3, -0.25) is 10.1 Å². The number of ether oxygens (including phenoxy) is 4. The molecule has 0 unspecified atom stereocenters. The number of esters is 1. The summed E-state index contributed by atoms with van der Waals surface area (Å²) in [6.45, 7) is 3.73. The normalized spacial score (nSPS) is 10.3. The van der Waals surface area contributed by atoms with Gasteiger partial charge in [0.05, 0.1) is 30.5 Å². The Hall–Kier alpha value is -3.60. The van der Waals surface area contributed by atoms with Crippen molar-refractivity contribution >= 4 is 17.9 Å². The van der Waals surface area contributed by atoms with Gasteiger partial charge in [-0.05, 0) is 32.0 Å². The number of hydrogen-bond acceptors (Lipinski definition) is 9. The number of benzene rings is 1. The van der Waals surface area contributed by atoms with E-state index < -0.39 is 24.5 Å². The minimum Gasteiger partial charge on any atom is -0.493 e. The Morgan fingerprint density at radius 1 is 1.13 bits per heavy atom. The van der Waals surface area contributed by atoms with Gasteiger partial charge in [0.15, 0.2) is 18.1 Å². The van der Waals surface area contributed by atoms with E-state index in [9.17, 15) is 14.4 Å². The van der Waals surface area contributed by atoms with Gasteiger partial charge in [-0.15, -0.1) is 0 Å². The molecule has 0 saturated heterocycles. The summed E-state index contributed by atoms with van der Waals surface area (Å²) in [5.41, 5.74) is 1.70. The number of carbonyl (C=O) groups is 3. The quantitative estimate of drug-likeness (QED) is 0.420. The van der Waals surface area contributed by atoms with E-state index in [1.165, 1.54) is 26.4 Å². The minimum atomic E-state index is -0.769. The lowest BCUT2D eigenvalue weighted by molar-refractivity contribution is -0.123. The lowest BCUT2D eigenvalue weighted by Crippen LogP contribution is -2.42. The van der Waals surface area contributed by atoms with Crippen LogP contribution in [0.5, 0.6) is 11.5 Å². The molecule has 0 bridgehead atoms. The van der Waals surface area contributed by atoms with Crippen LogP contribution in [-0.2, 0) is 20.9 Å². The SMILES string of the molecule is COCCNC(=O)NC(=O)COC(=O)c1ccc(OCc2c(C)noc2C)c(OC)c1. The van der Waals surface area contributed by atoms with Crippen LogP contribution in [0.2, 0.25) is 0 Å². The number of amides is 3. The third kappa shape index (κ3) is 7.00. The van der Waals surface area contributed by atoms with Gasteiger partial charge in [0.25, 0.3) is 5.91 Å². The molecule has 0 spiro atoms. The predicted octanol–water partition coefficient (Wildman–Crippen LogP) is 1.51. The summed E-state index contributed by atoms with van der Waals surface area (Å²) < 4.78 is 25.8. The van der Waals surface area contributed by atoms with E-state index in [0.29, 0.717) is 23.9 Å². The highest BCUT2D eigenvalue weighted by Crippen LogP contribution is 2.29. The van der Waals surface area contributed by atoms with Crippen molar-refractivity contribution in [3.8, 4) is 11.5 Å². The Morgan fingerprint density at radius 3 is 2.55 bits per heavy atom. The molecule has 0 aliphatic rings. The summed E-state index contributed by atoms with van der Waals surface area (Å²) >= 11 is 0. The highest BCUT2D eigenvalue weighted by molar-refractivity contribution is 5.97. The van der Waals surface area contributed by atoms with Crippen LogP contribution in [0, 0.1) is 13.8 Å². The van der Waals surface area contributed by atoms with Crippen molar-refractivity contribution in [1.29, 1.82) is 0 Å². The standard InChI is InChI=1S/C20H25N3O8/c1-12-15(13(2)31-23-12)10-29-16-6-5-14(9-17(16)28-4)19(25)30-11-18(24)22-20(26)21-7-8-27-3/h5-6,9H,7-8,10-11H2,1-4H3,(H2,21,22,24,26). The van der Waals surface area contributed by atoms with Gasteiger partial charge in [0.2, 0.25) is 0 Å². The van der Waals surface area contributed by atoms with Crippen LogP contribution >= 0.6 is 0 Å². The Balaban J connectivity index is 1.90. The molecular weight excluding hydrogens is 410 g/mol. The molecule has 1 aromatic heterocycles. The number of carbonyl (C=O) groups excluding carboxylic acids is 3. The fourth-order valence-corrected chi connectivity index (χ4v) is 2.46. The van der Waals surface area contributed by atoms with E-state index in [1.54, 1.807) is 13.0 Å². The Bertz CT molecular complexity index is 906. The molecule has 1 aromatic carbocycles. The Labute approximate surface area is 179 Å². The summed E-state index contributed by atoms with van der Waals surface area (Å²) in [5, 5.41) is 8.31. The lowest BCUT2D eigenvalue weighted by Gasteiger charge is -2.12. The zero-order chi connectivity index (χ0) is 22.8. The maximum Gasteiger partial charge on any atom is 0.338 e. The highest BCUT2D eigenvalue weighted by Gasteiger charge is 2.16. The second-order valence-corrected chi connectivity index (χ2v) is 6.33. The number of hydrogen-bond donors (Lipinski definition) is 2. The molecule has 168 valence electrons. The summed E-state index contributed by atoms with van der Waals surface area (Å²) in [5.74, 6) is -0.157. The molecule has 0 atom stereocenters. The zero-order valence-corrected chi connectivity index (χ0v) is 17.8. The molecule has 0 saturated carbocycles. The number of aryl methyl sites for hydroxylation is 2. The van der Waals surface area contributed by atoms with E-state index in [-0.39, 0.29) is 18.7 Å². The number of nitrogens with one attached hydrogen (secondary N) is 2. The first-order valence-corrected chi connectivity index (χ1v) is 9.32. The van der Waals surface area contributed by atoms with Crippen LogP contribution < -0.4 is 20.1 Å². The molecule has 2 N–H and O–H groups in total. The topological polar surface area (TPSA) is 138 Å². The van der Waals surface area contributed by atoms with Crippen molar-refractivity contribution in [3.63, 3.8) is 0 Å². The number of rotatable bonds is 10. The predicted molar refractivity (Wildman–Crippen MR) is 107 cm³/mol. The summed E-state index contributed by atoms with van der Waals surface area (Å²) in [6.07, 6.45) is 0. The molecule has 0 radical (unpaired) electrons. The van der Waals surface area contributed by atoms with Crippen molar-refractivity contribution in [3.05, 3.63) is 40.8 Å². The average Bonchev–Trinajstić information content (AvgIpc) is 3.07. The molecule has 1 heterocycles. The molecule has 3 amide bonds. The van der Waals surface area contributed by atoms with Crippen LogP contribution in [0.15, 0.2) is 22.7 Å². The van der Waals surface area contributed by atoms with Crippen molar-refractivity contribution in [2.45, 2.75) is 20.5 Å². The third-order valence-electron chi connectivity index (χ3n) is 4.13. The first-order chi connectivity index (χ1) is 14.8. The lowest BCUT2D eigenvalue weighted by atomic mass is 10.2. The van der Waals surface area contributed by atoms with Crippen molar-refractivity contribution < 1.29 is 37.9 Å². The van der Waals surface area contributed by atoms with Gasteiger partial charge in [-0.2, -0.15) is 0 Å². The molecule has 2 aromatic rings. The van der Waals surface area contributed by atoms with Crippen LogP contribution in [0.25, 0.3) is 0 Å². The van der Waals surface area contributed by atoms with Crippen molar-refractivity contribution in [2.75, 3.05) is 34.0 Å². The molecule has 31 heavy (non-hydrogen) atoms. The van der Waals surface area contributed by atoms with E-state index in [2.05, 4.69) is 10.5 Å². The zero-order valence-electron chi connectivity index (χ0n) is 17.8. The maximum atomic E-state index is 12.2. The number of nitrogens with zero attached hydrogens (tertiary/aromatic N) is 1. The molecule has 11 nitrogen and oxygen atoms in total. The Morgan fingerprint density at radius 2 is 1.90 bits per heavy atom. The minimum absolute atomic E-state index is 0.152. The monoisotopic (exact) mass is 435 g/mol. The summed E-state index contributed by atoms with van der Waals surface area (Å²) in [7, 11) is 2.92. The van der Waals surface area contributed by atoms with E-state index in [1.807, 2.05) is 12.2 Å². The van der Waals surface area contributed by atoms with Gasteiger partial charge >= 0.3 is 12.0 Å². The second-order valence-electron chi connectivity index (χ2n) is 6.33. The smallest absolute Gasteiger partial charge is 0.338 e. The molecule has 0 aliphatic heterocycles.